The fourth-order valence-corrected chi connectivity index (χ4v) is 4.08. The van der Waals surface area contributed by atoms with E-state index in [9.17, 15) is 10.1 Å². The highest BCUT2D eigenvalue weighted by Crippen LogP contribution is 2.35. The summed E-state index contributed by atoms with van der Waals surface area (Å²) in [5.41, 5.74) is 2.83. The Morgan fingerprint density at radius 3 is 2.74 bits per heavy atom. The highest BCUT2D eigenvalue weighted by molar-refractivity contribution is 7.99. The Kier molecular flexibility index (Phi) is 6.51. The maximum absolute atomic E-state index is 11.8. The highest BCUT2D eigenvalue weighted by atomic mass is 35.5. The molecule has 0 fully saturated rings. The average Bonchev–Trinajstić information content (AvgIpc) is 3.21. The third-order valence-electron chi connectivity index (χ3n) is 3.66. The first kappa shape index (κ1) is 19.4. The Morgan fingerprint density at radius 1 is 1.33 bits per heavy atom. The minimum Gasteiger partial charge on any atom is -0.465 e. The van der Waals surface area contributed by atoms with Gasteiger partial charge in [-0.25, -0.2) is 4.98 Å². The molecule has 27 heavy (non-hydrogen) atoms. The summed E-state index contributed by atoms with van der Waals surface area (Å²) in [5.74, 6) is -0.230. The molecule has 0 saturated carbocycles. The fourth-order valence-electron chi connectivity index (χ4n) is 2.47. The second-order valence-electron chi connectivity index (χ2n) is 5.42. The van der Waals surface area contributed by atoms with Gasteiger partial charge in [-0.2, -0.15) is 5.26 Å². The number of carbonyl (C=O) groups excluding carboxylic acids is 1. The Balaban J connectivity index is 2.09. The number of nitriles is 1. The monoisotopic (exact) mass is 414 g/mol. The molecule has 4 nitrogen and oxygen atoms in total. The predicted octanol–water partition coefficient (Wildman–Crippen LogP) is 5.66. The van der Waals surface area contributed by atoms with Gasteiger partial charge in [0.25, 0.3) is 0 Å². The van der Waals surface area contributed by atoms with Crippen LogP contribution in [0.5, 0.6) is 0 Å². The number of aromatic nitrogens is 1. The number of hydrogen-bond donors (Lipinski definition) is 0. The van der Waals surface area contributed by atoms with Crippen LogP contribution in [0.3, 0.4) is 0 Å². The summed E-state index contributed by atoms with van der Waals surface area (Å²) < 4.78 is 4.98. The van der Waals surface area contributed by atoms with Crippen LogP contribution in [0, 0.1) is 11.3 Å². The van der Waals surface area contributed by atoms with E-state index in [0.29, 0.717) is 22.2 Å². The lowest BCUT2D eigenvalue weighted by Gasteiger charge is -2.12. The number of thiophene rings is 1. The topological polar surface area (TPSA) is 63.0 Å². The number of nitrogens with zero attached hydrogens (tertiary/aromatic N) is 2. The number of rotatable bonds is 6. The van der Waals surface area contributed by atoms with Gasteiger partial charge in [-0.05, 0) is 42.1 Å². The molecule has 0 unspecified atom stereocenters. The maximum Gasteiger partial charge on any atom is 0.316 e. The molecule has 0 amide bonds. The van der Waals surface area contributed by atoms with E-state index >= 15 is 0 Å². The van der Waals surface area contributed by atoms with Gasteiger partial charge in [0.1, 0.15) is 11.1 Å². The number of hydrogen-bond acceptors (Lipinski definition) is 6. The van der Waals surface area contributed by atoms with Gasteiger partial charge in [0, 0.05) is 10.6 Å². The Hall–Kier alpha value is -2.33. The SMILES string of the molecule is CCOC(=O)CSc1nc(-c2cccs2)cc(-c2ccc(Cl)cc2)c1C#N. The first-order chi connectivity index (χ1) is 13.1. The Labute approximate surface area is 170 Å². The summed E-state index contributed by atoms with van der Waals surface area (Å²) in [6.07, 6.45) is 0. The van der Waals surface area contributed by atoms with Crippen molar-refractivity contribution in [3.05, 3.63) is 58.4 Å². The molecule has 136 valence electrons. The molecule has 0 aliphatic rings. The molecule has 0 spiro atoms. The molecule has 2 heterocycles. The van der Waals surface area contributed by atoms with E-state index in [1.54, 1.807) is 30.4 Å². The predicted molar refractivity (Wildman–Crippen MR) is 110 cm³/mol. The van der Waals surface area contributed by atoms with Crippen LogP contribution in [0.25, 0.3) is 21.7 Å². The summed E-state index contributed by atoms with van der Waals surface area (Å²) in [5, 5.41) is 12.9. The third-order valence-corrected chi connectivity index (χ3v) is 5.75. The number of thioether (sulfide) groups is 1. The van der Waals surface area contributed by atoms with Gasteiger partial charge in [-0.15, -0.1) is 11.3 Å². The standard InChI is InChI=1S/C20H15ClN2O2S2/c1-2-25-19(24)12-27-20-16(11-22)15(13-5-7-14(21)8-6-13)10-17(23-20)18-4-3-9-26-18/h3-10H,2,12H2,1H3. The second-order valence-corrected chi connectivity index (χ2v) is 7.77. The van der Waals surface area contributed by atoms with E-state index in [2.05, 4.69) is 11.1 Å². The molecule has 7 heteroatoms. The smallest absolute Gasteiger partial charge is 0.316 e. The van der Waals surface area contributed by atoms with Crippen molar-refractivity contribution in [2.75, 3.05) is 12.4 Å². The van der Waals surface area contributed by atoms with Crippen LogP contribution in [-0.2, 0) is 9.53 Å². The first-order valence-electron chi connectivity index (χ1n) is 8.15. The van der Waals surface area contributed by atoms with Crippen molar-refractivity contribution in [3.8, 4) is 27.8 Å². The summed E-state index contributed by atoms with van der Waals surface area (Å²) >= 11 is 8.78. The fraction of sp³-hybridized carbons (Fsp3) is 0.150. The summed E-state index contributed by atoms with van der Waals surface area (Å²) in [7, 11) is 0. The van der Waals surface area contributed by atoms with Crippen LogP contribution in [0.1, 0.15) is 12.5 Å². The summed E-state index contributed by atoms with van der Waals surface area (Å²) in [4.78, 5) is 17.4. The summed E-state index contributed by atoms with van der Waals surface area (Å²) in [6, 6.07) is 15.4. The van der Waals surface area contributed by atoms with Gasteiger partial charge in [-0.3, -0.25) is 4.79 Å². The zero-order valence-electron chi connectivity index (χ0n) is 14.4. The summed E-state index contributed by atoms with van der Waals surface area (Å²) in [6.45, 7) is 2.08. The van der Waals surface area contributed by atoms with Crippen molar-refractivity contribution < 1.29 is 9.53 Å². The minimum atomic E-state index is -0.331. The number of benzene rings is 1. The molecular weight excluding hydrogens is 400 g/mol. The van der Waals surface area contributed by atoms with Crippen molar-refractivity contribution in [2.45, 2.75) is 11.9 Å². The molecule has 3 aromatic rings. The normalized spacial score (nSPS) is 10.4. The van der Waals surface area contributed by atoms with Crippen LogP contribution in [0.2, 0.25) is 5.02 Å². The van der Waals surface area contributed by atoms with E-state index in [1.807, 2.05) is 35.7 Å². The van der Waals surface area contributed by atoms with Gasteiger partial charge in [0.15, 0.2) is 0 Å². The van der Waals surface area contributed by atoms with Crippen LogP contribution < -0.4 is 0 Å². The molecule has 0 bridgehead atoms. The molecular formula is C20H15ClN2O2S2. The highest BCUT2D eigenvalue weighted by Gasteiger charge is 2.17. The number of halogens is 1. The molecule has 0 aliphatic heterocycles. The Morgan fingerprint density at radius 2 is 2.11 bits per heavy atom. The second kappa shape index (κ2) is 9.05. The van der Waals surface area contributed by atoms with Crippen molar-refractivity contribution in [2.24, 2.45) is 0 Å². The molecule has 1 aromatic carbocycles. The molecule has 0 radical (unpaired) electrons. The van der Waals surface area contributed by atoms with Crippen LogP contribution in [-0.4, -0.2) is 23.3 Å². The lowest BCUT2D eigenvalue weighted by molar-refractivity contribution is -0.139. The van der Waals surface area contributed by atoms with E-state index in [-0.39, 0.29) is 11.7 Å². The van der Waals surface area contributed by atoms with Crippen LogP contribution >= 0.6 is 34.7 Å². The lowest BCUT2D eigenvalue weighted by Crippen LogP contribution is -2.07. The van der Waals surface area contributed by atoms with Gasteiger partial charge in [0.05, 0.1) is 28.5 Å². The zero-order chi connectivity index (χ0) is 19.2. The van der Waals surface area contributed by atoms with Crippen molar-refractivity contribution in [3.63, 3.8) is 0 Å². The van der Waals surface area contributed by atoms with Crippen LogP contribution in [0.15, 0.2) is 52.9 Å². The van der Waals surface area contributed by atoms with Crippen LogP contribution in [0.4, 0.5) is 0 Å². The van der Waals surface area contributed by atoms with Crippen molar-refractivity contribution in [1.29, 1.82) is 5.26 Å². The van der Waals surface area contributed by atoms with Crippen molar-refractivity contribution in [1.82, 2.24) is 4.98 Å². The maximum atomic E-state index is 11.8. The largest absolute Gasteiger partial charge is 0.465 e. The molecule has 0 atom stereocenters. The average molecular weight is 415 g/mol. The quantitative estimate of drug-likeness (QED) is 0.384. The number of carbonyl (C=O) groups is 1. The molecule has 3 rings (SSSR count). The van der Waals surface area contributed by atoms with Gasteiger partial charge in [0.2, 0.25) is 0 Å². The number of pyridine rings is 1. The lowest BCUT2D eigenvalue weighted by atomic mass is 10.0. The van der Waals surface area contributed by atoms with Gasteiger partial charge in [-0.1, -0.05) is 41.6 Å². The van der Waals surface area contributed by atoms with Crippen molar-refractivity contribution >= 4 is 40.7 Å². The van der Waals surface area contributed by atoms with E-state index in [4.69, 9.17) is 16.3 Å². The van der Waals surface area contributed by atoms with E-state index < -0.39 is 0 Å². The number of ether oxygens (including phenoxy) is 1. The number of esters is 1. The molecule has 0 saturated heterocycles. The van der Waals surface area contributed by atoms with Gasteiger partial charge < -0.3 is 4.74 Å². The molecule has 2 aromatic heterocycles. The Bertz CT molecular complexity index is 980. The molecule has 0 N–H and O–H groups in total. The van der Waals surface area contributed by atoms with Gasteiger partial charge >= 0.3 is 5.97 Å². The van der Waals surface area contributed by atoms with E-state index in [1.165, 1.54) is 11.8 Å². The zero-order valence-corrected chi connectivity index (χ0v) is 16.8. The molecule has 0 aliphatic carbocycles. The first-order valence-corrected chi connectivity index (χ1v) is 10.4. The minimum absolute atomic E-state index is 0.101. The van der Waals surface area contributed by atoms with E-state index in [0.717, 1.165) is 21.7 Å². The third kappa shape index (κ3) is 4.69.